The van der Waals surface area contributed by atoms with Crippen molar-refractivity contribution in [2.45, 2.75) is 12.8 Å². The first-order valence-electron chi connectivity index (χ1n) is 4.69. The molecule has 0 saturated heterocycles. The van der Waals surface area contributed by atoms with E-state index in [-0.39, 0.29) is 0 Å². The Balaban J connectivity index is 2.27. The number of nitriles is 1. The van der Waals surface area contributed by atoms with Crippen LogP contribution in [0.25, 0.3) is 0 Å². The number of hydrogen-bond acceptors (Lipinski definition) is 3. The molecule has 0 spiro atoms. The van der Waals surface area contributed by atoms with E-state index in [1.165, 1.54) is 5.56 Å². The molecule has 1 aromatic carbocycles. The second kappa shape index (κ2) is 4.24. The summed E-state index contributed by atoms with van der Waals surface area (Å²) in [5, 5.41) is 10.7. The number of thiazole rings is 1. The van der Waals surface area contributed by atoms with Crippen LogP contribution in [0.1, 0.15) is 29.7 Å². The molecular weight excluding hydrogens is 204 g/mol. The molecule has 2 nitrogen and oxygen atoms in total. The molecule has 2 aromatic rings. The minimum absolute atomic E-state index is 0.295. The SMILES string of the molecule is CC(c1ccc(C#N)cc1)c1cscn1. The van der Waals surface area contributed by atoms with Crippen LogP contribution >= 0.6 is 11.3 Å². The van der Waals surface area contributed by atoms with Crippen LogP contribution in [-0.4, -0.2) is 4.98 Å². The number of nitrogens with zero attached hydrogens (tertiary/aromatic N) is 2. The third kappa shape index (κ3) is 2.05. The van der Waals surface area contributed by atoms with Gasteiger partial charge in [0.05, 0.1) is 22.8 Å². The van der Waals surface area contributed by atoms with Crippen molar-refractivity contribution in [3.63, 3.8) is 0 Å². The Hall–Kier alpha value is -1.66. The van der Waals surface area contributed by atoms with Crippen LogP contribution in [0.3, 0.4) is 0 Å². The van der Waals surface area contributed by atoms with Crippen molar-refractivity contribution in [2.75, 3.05) is 0 Å². The first-order valence-corrected chi connectivity index (χ1v) is 5.63. The molecule has 1 aromatic heterocycles. The highest BCUT2D eigenvalue weighted by atomic mass is 32.1. The van der Waals surface area contributed by atoms with Gasteiger partial charge in [-0.2, -0.15) is 5.26 Å². The van der Waals surface area contributed by atoms with E-state index in [0.717, 1.165) is 5.69 Å². The molecule has 0 aliphatic carbocycles. The van der Waals surface area contributed by atoms with Crippen LogP contribution in [0.2, 0.25) is 0 Å². The first-order chi connectivity index (χ1) is 7.31. The van der Waals surface area contributed by atoms with Gasteiger partial charge in [0.15, 0.2) is 0 Å². The molecule has 0 amide bonds. The average molecular weight is 214 g/mol. The molecule has 0 aliphatic rings. The number of rotatable bonds is 2. The van der Waals surface area contributed by atoms with Crippen molar-refractivity contribution in [2.24, 2.45) is 0 Å². The summed E-state index contributed by atoms with van der Waals surface area (Å²) in [7, 11) is 0. The minimum atomic E-state index is 0.295. The fraction of sp³-hybridized carbons (Fsp3) is 0.167. The lowest BCUT2D eigenvalue weighted by molar-refractivity contribution is 0.883. The van der Waals surface area contributed by atoms with E-state index in [1.54, 1.807) is 11.3 Å². The summed E-state index contributed by atoms with van der Waals surface area (Å²) in [4.78, 5) is 4.29. The maximum atomic E-state index is 8.69. The Kier molecular flexibility index (Phi) is 2.79. The summed E-state index contributed by atoms with van der Waals surface area (Å²) in [6, 6.07) is 9.78. The molecule has 0 N–H and O–H groups in total. The van der Waals surface area contributed by atoms with Crippen molar-refractivity contribution in [1.82, 2.24) is 4.98 Å². The summed E-state index contributed by atoms with van der Waals surface area (Å²) in [6.45, 7) is 2.12. The number of hydrogen-bond donors (Lipinski definition) is 0. The largest absolute Gasteiger partial charge is 0.249 e. The van der Waals surface area contributed by atoms with Crippen molar-refractivity contribution in [1.29, 1.82) is 5.26 Å². The smallest absolute Gasteiger partial charge is 0.0991 e. The predicted molar refractivity (Wildman–Crippen MR) is 60.8 cm³/mol. The van der Waals surface area contributed by atoms with Gasteiger partial charge in [-0.05, 0) is 17.7 Å². The van der Waals surface area contributed by atoms with Gasteiger partial charge in [-0.1, -0.05) is 19.1 Å². The van der Waals surface area contributed by atoms with E-state index in [9.17, 15) is 0 Å². The van der Waals surface area contributed by atoms with Crippen LogP contribution in [0.5, 0.6) is 0 Å². The molecular formula is C12H10N2S. The standard InChI is InChI=1S/C12H10N2S/c1-9(12-7-15-8-14-12)11-4-2-10(6-13)3-5-11/h2-5,7-9H,1H3. The maximum absolute atomic E-state index is 8.69. The average Bonchev–Trinajstić information content (AvgIpc) is 2.82. The lowest BCUT2D eigenvalue weighted by Crippen LogP contribution is -1.95. The van der Waals surface area contributed by atoms with Crippen LogP contribution in [0, 0.1) is 11.3 Å². The molecule has 0 bridgehead atoms. The number of aromatic nitrogens is 1. The second-order valence-electron chi connectivity index (χ2n) is 3.37. The van der Waals surface area contributed by atoms with Gasteiger partial charge >= 0.3 is 0 Å². The van der Waals surface area contributed by atoms with E-state index in [0.29, 0.717) is 11.5 Å². The van der Waals surface area contributed by atoms with Gasteiger partial charge in [0.1, 0.15) is 0 Å². The Labute approximate surface area is 92.8 Å². The summed E-state index contributed by atoms with van der Waals surface area (Å²) >= 11 is 1.61. The third-order valence-electron chi connectivity index (χ3n) is 2.43. The lowest BCUT2D eigenvalue weighted by atomic mass is 9.98. The molecule has 0 saturated carbocycles. The summed E-state index contributed by atoms with van der Waals surface area (Å²) in [6.07, 6.45) is 0. The molecule has 2 rings (SSSR count). The Morgan fingerprint density at radius 1 is 1.33 bits per heavy atom. The highest BCUT2D eigenvalue weighted by Gasteiger charge is 2.09. The molecule has 74 valence electrons. The maximum Gasteiger partial charge on any atom is 0.0991 e. The van der Waals surface area contributed by atoms with E-state index >= 15 is 0 Å². The predicted octanol–water partition coefficient (Wildman–Crippen LogP) is 3.17. The van der Waals surface area contributed by atoms with E-state index < -0.39 is 0 Å². The Morgan fingerprint density at radius 2 is 2.07 bits per heavy atom. The molecule has 15 heavy (non-hydrogen) atoms. The van der Waals surface area contributed by atoms with Crippen molar-refractivity contribution in [3.8, 4) is 6.07 Å². The van der Waals surface area contributed by atoms with Gasteiger partial charge in [0, 0.05) is 11.3 Å². The van der Waals surface area contributed by atoms with Crippen LogP contribution in [0.4, 0.5) is 0 Å². The van der Waals surface area contributed by atoms with Crippen LogP contribution in [0.15, 0.2) is 35.2 Å². The molecule has 1 unspecified atom stereocenters. The summed E-state index contributed by atoms with van der Waals surface area (Å²) in [5.74, 6) is 0.295. The zero-order valence-corrected chi connectivity index (χ0v) is 9.16. The van der Waals surface area contributed by atoms with Crippen molar-refractivity contribution in [3.05, 3.63) is 52.0 Å². The van der Waals surface area contributed by atoms with E-state index in [4.69, 9.17) is 5.26 Å². The van der Waals surface area contributed by atoms with Gasteiger partial charge in [-0.3, -0.25) is 0 Å². The van der Waals surface area contributed by atoms with Gasteiger partial charge < -0.3 is 0 Å². The monoisotopic (exact) mass is 214 g/mol. The number of benzene rings is 1. The van der Waals surface area contributed by atoms with Crippen LogP contribution < -0.4 is 0 Å². The molecule has 1 atom stereocenters. The highest BCUT2D eigenvalue weighted by Crippen LogP contribution is 2.23. The minimum Gasteiger partial charge on any atom is -0.249 e. The fourth-order valence-corrected chi connectivity index (χ4v) is 2.10. The lowest BCUT2D eigenvalue weighted by Gasteiger charge is -2.08. The Bertz CT molecular complexity index is 465. The van der Waals surface area contributed by atoms with Crippen LogP contribution in [-0.2, 0) is 0 Å². The first kappa shape index (κ1) is 9.88. The third-order valence-corrected chi connectivity index (χ3v) is 3.04. The molecule has 0 aliphatic heterocycles. The van der Waals surface area contributed by atoms with Crippen molar-refractivity contribution < 1.29 is 0 Å². The van der Waals surface area contributed by atoms with E-state index in [2.05, 4.69) is 23.4 Å². The molecule has 0 radical (unpaired) electrons. The fourth-order valence-electron chi connectivity index (χ4n) is 1.45. The topological polar surface area (TPSA) is 36.7 Å². The van der Waals surface area contributed by atoms with Gasteiger partial charge in [-0.25, -0.2) is 4.98 Å². The Morgan fingerprint density at radius 3 is 2.60 bits per heavy atom. The summed E-state index contributed by atoms with van der Waals surface area (Å²) < 4.78 is 0. The van der Waals surface area contributed by atoms with E-state index in [1.807, 2.05) is 29.8 Å². The molecule has 3 heteroatoms. The zero-order valence-electron chi connectivity index (χ0n) is 8.34. The van der Waals surface area contributed by atoms with Gasteiger partial charge in [-0.15, -0.1) is 11.3 Å². The second-order valence-corrected chi connectivity index (χ2v) is 4.09. The summed E-state index contributed by atoms with van der Waals surface area (Å²) in [5.41, 5.74) is 4.82. The van der Waals surface area contributed by atoms with Gasteiger partial charge in [0.2, 0.25) is 0 Å². The van der Waals surface area contributed by atoms with Crippen molar-refractivity contribution >= 4 is 11.3 Å². The van der Waals surface area contributed by atoms with Gasteiger partial charge in [0.25, 0.3) is 0 Å². The quantitative estimate of drug-likeness (QED) is 0.770. The highest BCUT2D eigenvalue weighted by molar-refractivity contribution is 7.07. The zero-order chi connectivity index (χ0) is 10.7. The molecule has 1 heterocycles. The normalized spacial score (nSPS) is 12.0. The molecule has 0 fully saturated rings.